The lowest BCUT2D eigenvalue weighted by Gasteiger charge is -2.42. The summed E-state index contributed by atoms with van der Waals surface area (Å²) in [6.45, 7) is 2.59. The van der Waals surface area contributed by atoms with Gasteiger partial charge in [0.2, 0.25) is 0 Å². The minimum absolute atomic E-state index is 0.159. The summed E-state index contributed by atoms with van der Waals surface area (Å²) in [4.78, 5) is 25.7. The number of aliphatic hydroxyl groups excluding tert-OH is 7. The first-order valence-electron chi connectivity index (χ1n) is 25.8. The predicted octanol–water partition coefficient (Wildman–Crippen LogP) is 6.99. The van der Waals surface area contributed by atoms with Gasteiger partial charge in [-0.2, -0.15) is 0 Å². The Morgan fingerprint density at radius 3 is 1.35 bits per heavy atom. The molecule has 2 saturated heterocycles. The van der Waals surface area contributed by atoms with Gasteiger partial charge in [-0.25, -0.2) is 0 Å². The Kier molecular flexibility index (Phi) is 34.8. The Morgan fingerprint density at radius 1 is 0.477 bits per heavy atom. The van der Waals surface area contributed by atoms with Crippen LogP contribution in [0.15, 0.2) is 12.2 Å². The SMILES string of the molecule is CCCCCCC/C=C/CCCCCCCC(=O)O[C@H](COC(=O)CCCCCCCCCCCCCCCCC)CO[C@@H]1O[C@H](CO[C@@H]2O[C@H](CO)[C@H](O)C(O)C2O)[C@H](O)C(O)C1O. The topological polar surface area (TPSA) is 231 Å². The van der Waals surface area contributed by atoms with E-state index in [1.54, 1.807) is 0 Å². The Bertz CT molecular complexity index is 1190. The molecule has 15 heteroatoms. The van der Waals surface area contributed by atoms with Crippen LogP contribution in [-0.4, -0.2) is 142 Å². The summed E-state index contributed by atoms with van der Waals surface area (Å²) in [5, 5.41) is 72.0. The molecule has 15 nitrogen and oxygen atoms in total. The van der Waals surface area contributed by atoms with Gasteiger partial charge in [-0.3, -0.25) is 9.59 Å². The molecular weight excluding hydrogens is 841 g/mol. The highest BCUT2D eigenvalue weighted by atomic mass is 16.7. The number of rotatable bonds is 40. The zero-order chi connectivity index (χ0) is 47.5. The van der Waals surface area contributed by atoms with Crippen molar-refractivity contribution in [1.82, 2.24) is 0 Å². The van der Waals surface area contributed by atoms with Gasteiger partial charge in [0, 0.05) is 12.8 Å². The van der Waals surface area contributed by atoms with E-state index >= 15 is 0 Å². The van der Waals surface area contributed by atoms with Crippen molar-refractivity contribution < 1.29 is 73.8 Å². The molecule has 0 bridgehead atoms. The lowest BCUT2D eigenvalue weighted by Crippen LogP contribution is -2.61. The van der Waals surface area contributed by atoms with Crippen LogP contribution in [0.5, 0.6) is 0 Å². The molecule has 65 heavy (non-hydrogen) atoms. The number of ether oxygens (including phenoxy) is 6. The van der Waals surface area contributed by atoms with Gasteiger partial charge in [-0.1, -0.05) is 161 Å². The Labute approximate surface area is 390 Å². The van der Waals surface area contributed by atoms with E-state index in [-0.39, 0.29) is 26.1 Å². The molecule has 2 fully saturated rings. The molecule has 2 heterocycles. The molecule has 11 atom stereocenters. The summed E-state index contributed by atoms with van der Waals surface area (Å²) in [5.74, 6) is -0.925. The lowest BCUT2D eigenvalue weighted by atomic mass is 9.98. The van der Waals surface area contributed by atoms with E-state index in [4.69, 9.17) is 28.4 Å². The molecule has 0 aromatic rings. The fourth-order valence-corrected chi connectivity index (χ4v) is 8.21. The molecule has 0 aliphatic carbocycles. The van der Waals surface area contributed by atoms with Crippen molar-refractivity contribution in [3.05, 3.63) is 12.2 Å². The average molecular weight is 933 g/mol. The summed E-state index contributed by atoms with van der Waals surface area (Å²) in [5.41, 5.74) is 0. The van der Waals surface area contributed by atoms with Crippen molar-refractivity contribution in [2.75, 3.05) is 26.4 Å². The van der Waals surface area contributed by atoms with Gasteiger partial charge in [0.05, 0.1) is 19.8 Å². The van der Waals surface area contributed by atoms with E-state index in [0.29, 0.717) is 12.8 Å². The van der Waals surface area contributed by atoms with Crippen LogP contribution in [0.25, 0.3) is 0 Å². The third-order valence-corrected chi connectivity index (χ3v) is 12.5. The summed E-state index contributed by atoms with van der Waals surface area (Å²) in [7, 11) is 0. The molecule has 0 radical (unpaired) electrons. The number of hydrogen-bond acceptors (Lipinski definition) is 15. The second-order valence-corrected chi connectivity index (χ2v) is 18.4. The number of carbonyl (C=O) groups is 2. The molecule has 4 unspecified atom stereocenters. The number of allylic oxidation sites excluding steroid dienone is 2. The molecule has 0 saturated carbocycles. The minimum Gasteiger partial charge on any atom is -0.462 e. The Hall–Kier alpha value is -1.76. The fourth-order valence-electron chi connectivity index (χ4n) is 8.21. The zero-order valence-corrected chi connectivity index (χ0v) is 40.2. The maximum absolute atomic E-state index is 13.0. The molecule has 2 aliphatic heterocycles. The van der Waals surface area contributed by atoms with Crippen molar-refractivity contribution in [2.24, 2.45) is 0 Å². The maximum atomic E-state index is 13.0. The van der Waals surface area contributed by atoms with E-state index in [0.717, 1.165) is 57.8 Å². The third-order valence-electron chi connectivity index (χ3n) is 12.5. The van der Waals surface area contributed by atoms with Gasteiger partial charge >= 0.3 is 11.9 Å². The number of hydrogen-bond donors (Lipinski definition) is 7. The standard InChI is InChI=1S/C50H92O15/c1-3-5-7-9-11-13-15-17-19-21-22-24-26-28-30-32-41(52)60-35-38(63-42(53)33-31-29-27-25-23-20-18-16-14-12-10-8-6-4-2)36-61-49-48(59)46(57)44(55)40(65-49)37-62-50-47(58)45(56)43(54)39(34-51)64-50/h16,18,38-40,43-51,54-59H,3-15,17,19-37H2,1-2H3/b18-16+/t38-,39-,40-,43+,44+,45?,46?,47?,48?,49-,50-/m1/s1. The van der Waals surface area contributed by atoms with E-state index in [1.165, 1.54) is 103 Å². The fraction of sp³-hybridized carbons (Fsp3) is 0.920. The molecule has 2 rings (SSSR count). The number of esters is 2. The Morgan fingerprint density at radius 2 is 0.877 bits per heavy atom. The Balaban J connectivity index is 1.81. The molecule has 0 spiro atoms. The van der Waals surface area contributed by atoms with Crippen LogP contribution < -0.4 is 0 Å². The maximum Gasteiger partial charge on any atom is 0.306 e. The van der Waals surface area contributed by atoms with Gasteiger partial charge in [0.1, 0.15) is 55.4 Å². The van der Waals surface area contributed by atoms with Crippen LogP contribution in [0.1, 0.15) is 200 Å². The van der Waals surface area contributed by atoms with E-state index in [9.17, 15) is 45.3 Å². The van der Waals surface area contributed by atoms with Crippen molar-refractivity contribution in [3.8, 4) is 0 Å². The van der Waals surface area contributed by atoms with Crippen LogP contribution in [0.3, 0.4) is 0 Å². The average Bonchev–Trinajstić information content (AvgIpc) is 3.30. The summed E-state index contributed by atoms with van der Waals surface area (Å²) >= 11 is 0. The monoisotopic (exact) mass is 933 g/mol. The van der Waals surface area contributed by atoms with E-state index < -0.39 is 92.7 Å². The first-order chi connectivity index (χ1) is 31.5. The largest absolute Gasteiger partial charge is 0.462 e. The zero-order valence-electron chi connectivity index (χ0n) is 40.2. The van der Waals surface area contributed by atoms with Gasteiger partial charge in [-0.15, -0.1) is 0 Å². The summed E-state index contributed by atoms with van der Waals surface area (Å²) < 4.78 is 33.6. The van der Waals surface area contributed by atoms with Crippen LogP contribution in [0.4, 0.5) is 0 Å². The summed E-state index contributed by atoms with van der Waals surface area (Å²) in [6.07, 6.45) is 19.5. The molecular formula is C50H92O15. The summed E-state index contributed by atoms with van der Waals surface area (Å²) in [6, 6.07) is 0. The lowest BCUT2D eigenvalue weighted by molar-refractivity contribution is -0.332. The van der Waals surface area contributed by atoms with Crippen molar-refractivity contribution in [1.29, 1.82) is 0 Å². The molecule has 7 N–H and O–H groups in total. The number of carbonyl (C=O) groups excluding carboxylic acids is 2. The normalized spacial score (nSPS) is 26.4. The first-order valence-corrected chi connectivity index (χ1v) is 25.8. The second-order valence-electron chi connectivity index (χ2n) is 18.4. The molecule has 0 amide bonds. The minimum atomic E-state index is -1.76. The highest BCUT2D eigenvalue weighted by molar-refractivity contribution is 5.70. The van der Waals surface area contributed by atoms with Crippen molar-refractivity contribution in [2.45, 2.75) is 268 Å². The predicted molar refractivity (Wildman–Crippen MR) is 248 cm³/mol. The van der Waals surface area contributed by atoms with Gasteiger partial charge in [-0.05, 0) is 38.5 Å². The van der Waals surface area contributed by atoms with Gasteiger partial charge in [0.15, 0.2) is 18.7 Å². The molecule has 0 aromatic heterocycles. The highest BCUT2D eigenvalue weighted by Gasteiger charge is 2.47. The number of unbranched alkanes of at least 4 members (excludes halogenated alkanes) is 24. The van der Waals surface area contributed by atoms with Crippen molar-refractivity contribution in [3.63, 3.8) is 0 Å². The van der Waals surface area contributed by atoms with E-state index in [1.807, 2.05) is 0 Å². The molecule has 0 aromatic carbocycles. The quantitative estimate of drug-likeness (QED) is 0.0187. The van der Waals surface area contributed by atoms with Gasteiger partial charge < -0.3 is 64.2 Å². The second kappa shape index (κ2) is 38.1. The van der Waals surface area contributed by atoms with Crippen LogP contribution >= 0.6 is 0 Å². The van der Waals surface area contributed by atoms with Gasteiger partial charge in [0.25, 0.3) is 0 Å². The van der Waals surface area contributed by atoms with Crippen LogP contribution in [0, 0.1) is 0 Å². The first kappa shape index (κ1) is 59.4. The smallest absolute Gasteiger partial charge is 0.306 e. The highest BCUT2D eigenvalue weighted by Crippen LogP contribution is 2.26. The third kappa shape index (κ3) is 26.5. The molecule has 2 aliphatic rings. The van der Waals surface area contributed by atoms with E-state index in [2.05, 4.69) is 26.0 Å². The molecule has 382 valence electrons. The number of aliphatic hydroxyl groups is 7. The van der Waals surface area contributed by atoms with Crippen LogP contribution in [0.2, 0.25) is 0 Å². The van der Waals surface area contributed by atoms with Crippen molar-refractivity contribution >= 4 is 11.9 Å². The van der Waals surface area contributed by atoms with Crippen LogP contribution in [-0.2, 0) is 38.0 Å².